The van der Waals surface area contributed by atoms with Gasteiger partial charge < -0.3 is 10.6 Å². The second-order valence-electron chi connectivity index (χ2n) is 7.44. The van der Waals surface area contributed by atoms with E-state index >= 15 is 0 Å². The van der Waals surface area contributed by atoms with Crippen molar-refractivity contribution >= 4 is 27.1 Å². The second kappa shape index (κ2) is 8.50. The Bertz CT molecular complexity index is 1170. The van der Waals surface area contributed by atoms with E-state index in [0.717, 1.165) is 54.7 Å². The van der Waals surface area contributed by atoms with Crippen LogP contribution in [0.5, 0.6) is 0 Å². The number of rotatable bonds is 6. The van der Waals surface area contributed by atoms with E-state index in [9.17, 15) is 13.2 Å². The highest BCUT2D eigenvalue weighted by Crippen LogP contribution is 2.28. The number of nitrogens with zero attached hydrogens (tertiary/aromatic N) is 3. The molecule has 1 fully saturated rings. The Morgan fingerprint density at radius 1 is 1.33 bits per heavy atom. The molecule has 1 atom stereocenters. The molecule has 1 saturated heterocycles. The number of sulfonamides is 1. The summed E-state index contributed by atoms with van der Waals surface area (Å²) in [7, 11) is -3.43. The topological polar surface area (TPSA) is 117 Å². The number of carbonyl (C=O) groups excluding carboxylic acids is 1. The summed E-state index contributed by atoms with van der Waals surface area (Å²) in [6.45, 7) is 1.66. The van der Waals surface area contributed by atoms with Crippen LogP contribution < -0.4 is 15.4 Å². The normalized spacial score (nSPS) is 17.2. The Labute approximate surface area is 174 Å². The fourth-order valence-corrected chi connectivity index (χ4v) is 3.98. The summed E-state index contributed by atoms with van der Waals surface area (Å²) in [5, 5.41) is 10.5. The molecule has 9 nitrogen and oxygen atoms in total. The van der Waals surface area contributed by atoms with Gasteiger partial charge in [-0.2, -0.15) is 5.10 Å². The fraction of sp³-hybridized carbons (Fsp3) is 0.350. The quantitative estimate of drug-likeness (QED) is 0.546. The van der Waals surface area contributed by atoms with Crippen LogP contribution in [0, 0.1) is 0 Å². The van der Waals surface area contributed by atoms with Gasteiger partial charge in [0, 0.05) is 35.6 Å². The van der Waals surface area contributed by atoms with Gasteiger partial charge in [0.1, 0.15) is 0 Å². The molecule has 1 unspecified atom stereocenters. The predicted octanol–water partition coefficient (Wildman–Crippen LogP) is 1.35. The zero-order valence-electron chi connectivity index (χ0n) is 16.6. The van der Waals surface area contributed by atoms with E-state index < -0.39 is 15.9 Å². The number of nitrogens with one attached hydrogen (secondary N) is 3. The molecule has 1 aliphatic heterocycles. The number of aromatic nitrogens is 3. The lowest BCUT2D eigenvalue weighted by molar-refractivity contribution is -0.115. The third-order valence-corrected chi connectivity index (χ3v) is 5.73. The average Bonchev–Trinajstić information content (AvgIpc) is 3.16. The first-order valence-electron chi connectivity index (χ1n) is 9.79. The molecule has 3 N–H and O–H groups in total. The Morgan fingerprint density at radius 2 is 2.20 bits per heavy atom. The van der Waals surface area contributed by atoms with Crippen LogP contribution in [0.1, 0.15) is 24.5 Å². The Hall–Kier alpha value is -2.82. The van der Waals surface area contributed by atoms with Crippen LogP contribution in [0.25, 0.3) is 16.8 Å². The van der Waals surface area contributed by atoms with Gasteiger partial charge in [0.2, 0.25) is 15.9 Å². The zero-order chi connectivity index (χ0) is 21.1. The summed E-state index contributed by atoms with van der Waals surface area (Å²) >= 11 is 0. The van der Waals surface area contributed by atoms with Gasteiger partial charge in [-0.25, -0.2) is 17.7 Å². The van der Waals surface area contributed by atoms with E-state index in [2.05, 4.69) is 26.5 Å². The third-order valence-electron chi connectivity index (χ3n) is 5.06. The average molecular weight is 429 g/mol. The lowest BCUT2D eigenvalue weighted by Crippen LogP contribution is -2.32. The van der Waals surface area contributed by atoms with Gasteiger partial charge in [-0.15, -0.1) is 0 Å². The molecule has 0 radical (unpaired) electrons. The van der Waals surface area contributed by atoms with E-state index in [1.807, 2.05) is 12.1 Å². The first-order chi connectivity index (χ1) is 14.4. The molecule has 0 spiro atoms. The van der Waals surface area contributed by atoms with Crippen molar-refractivity contribution in [2.24, 2.45) is 0 Å². The molecule has 0 bridgehead atoms. The van der Waals surface area contributed by atoms with Gasteiger partial charge in [-0.1, -0.05) is 6.07 Å². The minimum absolute atomic E-state index is 0.324. The maximum absolute atomic E-state index is 12.0. The molecule has 0 saturated carbocycles. The summed E-state index contributed by atoms with van der Waals surface area (Å²) in [5.41, 5.74) is 4.11. The molecule has 1 amide bonds. The second-order valence-corrected chi connectivity index (χ2v) is 9.27. The van der Waals surface area contributed by atoms with Crippen molar-refractivity contribution in [2.75, 3.05) is 31.2 Å². The molecule has 3 aromatic heterocycles. The highest BCUT2D eigenvalue weighted by atomic mass is 32.2. The molecule has 10 heteroatoms. The van der Waals surface area contributed by atoms with Crippen LogP contribution in [0.3, 0.4) is 0 Å². The molecule has 4 heterocycles. The van der Waals surface area contributed by atoms with Crippen LogP contribution in [-0.4, -0.2) is 54.8 Å². The van der Waals surface area contributed by atoms with Crippen LogP contribution in [0.2, 0.25) is 0 Å². The van der Waals surface area contributed by atoms with Crippen molar-refractivity contribution in [2.45, 2.75) is 18.8 Å². The number of carbonyl (C=O) groups is 1. The lowest BCUT2D eigenvalue weighted by atomic mass is 9.95. The first-order valence-corrected chi connectivity index (χ1v) is 11.7. The Kier molecular flexibility index (Phi) is 5.80. The number of pyridine rings is 2. The van der Waals surface area contributed by atoms with E-state index in [4.69, 9.17) is 4.98 Å². The molecule has 4 rings (SSSR count). The summed E-state index contributed by atoms with van der Waals surface area (Å²) in [6.07, 6.45) is 6.78. The standard InChI is InChI=1S/C20H24N6O3S/c1-30(28,29)23-13-20(27)24-15-7-9-26-19(10-15)16(12-22-26)18-6-2-5-17(25-18)14-4-3-8-21-11-14/h2,5-7,9-10,12,14,21,23H,3-4,8,11,13H2,1H3,(H,24,27). The third kappa shape index (κ3) is 4.84. The van der Waals surface area contributed by atoms with Crippen LogP contribution in [0.4, 0.5) is 5.69 Å². The number of hydrogen-bond acceptors (Lipinski definition) is 6. The number of hydrogen-bond donors (Lipinski definition) is 3. The fourth-order valence-electron chi connectivity index (χ4n) is 3.59. The maximum atomic E-state index is 12.0. The van der Waals surface area contributed by atoms with Gasteiger partial charge in [-0.05, 0) is 43.7 Å². The van der Waals surface area contributed by atoms with Gasteiger partial charge in [-0.3, -0.25) is 9.78 Å². The van der Waals surface area contributed by atoms with Crippen molar-refractivity contribution in [1.29, 1.82) is 0 Å². The van der Waals surface area contributed by atoms with E-state index in [-0.39, 0.29) is 6.54 Å². The number of piperidine rings is 1. The molecule has 3 aromatic rings. The zero-order valence-corrected chi connectivity index (χ0v) is 17.4. The largest absolute Gasteiger partial charge is 0.325 e. The molecule has 158 valence electrons. The highest BCUT2D eigenvalue weighted by Gasteiger charge is 2.18. The Balaban J connectivity index is 1.58. The Morgan fingerprint density at radius 3 is 2.97 bits per heavy atom. The smallest absolute Gasteiger partial charge is 0.239 e. The van der Waals surface area contributed by atoms with Crippen LogP contribution >= 0.6 is 0 Å². The van der Waals surface area contributed by atoms with Gasteiger partial charge in [0.05, 0.1) is 30.2 Å². The molecule has 1 aliphatic rings. The van der Waals surface area contributed by atoms with Crippen molar-refractivity contribution in [1.82, 2.24) is 24.6 Å². The summed E-state index contributed by atoms with van der Waals surface area (Å²) in [4.78, 5) is 16.9. The molecular weight excluding hydrogens is 404 g/mol. The molecule has 30 heavy (non-hydrogen) atoms. The molecular formula is C20H24N6O3S. The SMILES string of the molecule is CS(=O)(=O)NCC(=O)Nc1ccn2ncc(-c3cccc(C4CCCNC4)n3)c2c1. The van der Waals surface area contributed by atoms with Gasteiger partial charge >= 0.3 is 0 Å². The van der Waals surface area contributed by atoms with Crippen molar-refractivity contribution in [3.05, 3.63) is 48.4 Å². The van der Waals surface area contributed by atoms with Crippen molar-refractivity contribution in [3.8, 4) is 11.3 Å². The van der Waals surface area contributed by atoms with Crippen LogP contribution in [0.15, 0.2) is 42.7 Å². The number of amides is 1. The van der Waals surface area contributed by atoms with Crippen molar-refractivity contribution < 1.29 is 13.2 Å². The number of anilines is 1. The van der Waals surface area contributed by atoms with Gasteiger partial charge in [0.25, 0.3) is 0 Å². The molecule has 0 aliphatic carbocycles. The van der Waals surface area contributed by atoms with Crippen molar-refractivity contribution in [3.63, 3.8) is 0 Å². The maximum Gasteiger partial charge on any atom is 0.239 e. The summed E-state index contributed by atoms with van der Waals surface area (Å²) in [6, 6.07) is 9.54. The highest BCUT2D eigenvalue weighted by molar-refractivity contribution is 7.88. The number of fused-ring (bicyclic) bond motifs is 1. The van der Waals surface area contributed by atoms with Gasteiger partial charge in [0.15, 0.2) is 0 Å². The summed E-state index contributed by atoms with van der Waals surface area (Å²) < 4.78 is 26.2. The minimum atomic E-state index is -3.43. The predicted molar refractivity (Wildman–Crippen MR) is 115 cm³/mol. The van der Waals surface area contributed by atoms with Crippen LogP contribution in [-0.2, 0) is 14.8 Å². The monoisotopic (exact) mass is 428 g/mol. The molecule has 0 aromatic carbocycles. The lowest BCUT2D eigenvalue weighted by Gasteiger charge is -2.22. The summed E-state index contributed by atoms with van der Waals surface area (Å²) in [5.74, 6) is -0.0477. The van der Waals surface area contributed by atoms with E-state index in [1.165, 1.54) is 0 Å². The minimum Gasteiger partial charge on any atom is -0.325 e. The van der Waals surface area contributed by atoms with E-state index in [1.54, 1.807) is 29.0 Å². The first kappa shape index (κ1) is 20.5. The van der Waals surface area contributed by atoms with E-state index in [0.29, 0.717) is 11.6 Å².